The standard InChI is InChI=1S/C11H14N2O.H2/c1-2-8-3-6-10(12-7-8)11(14)13-9-4-5-9;/h3,6-7,9H,2,4-5H2,1H3,(H,13,14);1H. The van der Waals surface area contributed by atoms with Crippen molar-refractivity contribution in [3.8, 4) is 0 Å². The molecule has 1 amide bonds. The summed E-state index contributed by atoms with van der Waals surface area (Å²) in [6.07, 6.45) is 4.94. The van der Waals surface area contributed by atoms with Crippen LogP contribution in [0.4, 0.5) is 0 Å². The summed E-state index contributed by atoms with van der Waals surface area (Å²) in [4.78, 5) is 15.6. The van der Waals surface area contributed by atoms with E-state index in [1.165, 1.54) is 0 Å². The van der Waals surface area contributed by atoms with Gasteiger partial charge in [0, 0.05) is 13.7 Å². The Kier molecular flexibility index (Phi) is 2.48. The van der Waals surface area contributed by atoms with Crippen molar-refractivity contribution in [3.05, 3.63) is 29.6 Å². The molecule has 1 aromatic heterocycles. The molecule has 1 fully saturated rings. The van der Waals surface area contributed by atoms with Gasteiger partial charge in [-0.15, -0.1) is 0 Å². The Labute approximate surface area is 85.0 Å². The largest absolute Gasteiger partial charge is 0.348 e. The zero-order valence-electron chi connectivity index (χ0n) is 8.29. The molecule has 0 atom stereocenters. The first-order valence-electron chi connectivity index (χ1n) is 5.05. The molecule has 1 saturated carbocycles. The summed E-state index contributed by atoms with van der Waals surface area (Å²) in [5, 5.41) is 2.91. The number of aromatic nitrogens is 1. The van der Waals surface area contributed by atoms with Gasteiger partial charge in [0.05, 0.1) is 0 Å². The highest BCUT2D eigenvalue weighted by Gasteiger charge is 2.24. The van der Waals surface area contributed by atoms with Crippen molar-refractivity contribution in [2.24, 2.45) is 0 Å². The number of amides is 1. The molecule has 1 aliphatic rings. The van der Waals surface area contributed by atoms with Gasteiger partial charge in [-0.2, -0.15) is 0 Å². The molecule has 2 rings (SSSR count). The molecular formula is C11H16N2O. The van der Waals surface area contributed by atoms with Crippen LogP contribution in [0.15, 0.2) is 18.3 Å². The third-order valence-electron chi connectivity index (χ3n) is 2.38. The average molecular weight is 192 g/mol. The van der Waals surface area contributed by atoms with Crippen LogP contribution in [0.1, 0.15) is 37.2 Å². The summed E-state index contributed by atoms with van der Waals surface area (Å²) in [7, 11) is 0. The number of nitrogens with zero attached hydrogens (tertiary/aromatic N) is 1. The molecule has 1 heterocycles. The average Bonchev–Trinajstić information content (AvgIpc) is 3.02. The van der Waals surface area contributed by atoms with Crippen molar-refractivity contribution < 1.29 is 6.22 Å². The Bertz CT molecular complexity index is 333. The van der Waals surface area contributed by atoms with Gasteiger partial charge in [0.1, 0.15) is 5.69 Å². The normalized spacial score (nSPS) is 15.2. The lowest BCUT2D eigenvalue weighted by atomic mass is 10.2. The lowest BCUT2D eigenvalue weighted by molar-refractivity contribution is 0.0946. The number of nitrogens with one attached hydrogen (secondary N) is 1. The number of carbonyl (C=O) groups excluding carboxylic acids is 1. The summed E-state index contributed by atoms with van der Waals surface area (Å²) in [5.41, 5.74) is 1.68. The summed E-state index contributed by atoms with van der Waals surface area (Å²) in [6, 6.07) is 4.14. The maximum absolute atomic E-state index is 11.5. The minimum atomic E-state index is -0.0462. The molecule has 3 heteroatoms. The minimum absolute atomic E-state index is 0. The number of carbonyl (C=O) groups is 1. The second-order valence-electron chi connectivity index (χ2n) is 3.65. The highest BCUT2D eigenvalue weighted by atomic mass is 16.2. The van der Waals surface area contributed by atoms with Gasteiger partial charge in [-0.05, 0) is 30.9 Å². The Morgan fingerprint density at radius 2 is 2.43 bits per heavy atom. The van der Waals surface area contributed by atoms with Crippen molar-refractivity contribution in [1.82, 2.24) is 10.3 Å². The van der Waals surface area contributed by atoms with Crippen LogP contribution in [0, 0.1) is 0 Å². The van der Waals surface area contributed by atoms with Gasteiger partial charge in [0.25, 0.3) is 5.91 Å². The summed E-state index contributed by atoms with van der Waals surface area (Å²) in [5.74, 6) is -0.0462. The molecule has 1 aliphatic carbocycles. The smallest absolute Gasteiger partial charge is 0.270 e. The monoisotopic (exact) mass is 192 g/mol. The van der Waals surface area contributed by atoms with E-state index < -0.39 is 0 Å². The fourth-order valence-electron chi connectivity index (χ4n) is 1.25. The van der Waals surface area contributed by atoms with Crippen molar-refractivity contribution in [2.45, 2.75) is 32.2 Å². The summed E-state index contributed by atoms with van der Waals surface area (Å²) >= 11 is 0. The molecule has 3 nitrogen and oxygen atoms in total. The van der Waals surface area contributed by atoms with E-state index in [9.17, 15) is 4.79 Å². The van der Waals surface area contributed by atoms with Crippen molar-refractivity contribution in [2.75, 3.05) is 0 Å². The van der Waals surface area contributed by atoms with E-state index in [2.05, 4.69) is 17.2 Å². The predicted octanol–water partition coefficient (Wildman–Crippen LogP) is 1.78. The molecule has 0 spiro atoms. The number of aryl methyl sites for hydroxylation is 1. The molecule has 0 aromatic carbocycles. The van der Waals surface area contributed by atoms with E-state index in [4.69, 9.17) is 0 Å². The van der Waals surface area contributed by atoms with E-state index in [1.807, 2.05) is 6.07 Å². The molecule has 1 N–H and O–H groups in total. The van der Waals surface area contributed by atoms with Gasteiger partial charge in [-0.1, -0.05) is 13.0 Å². The van der Waals surface area contributed by atoms with Crippen LogP contribution in [-0.4, -0.2) is 16.9 Å². The molecular weight excluding hydrogens is 176 g/mol. The number of hydrogen-bond acceptors (Lipinski definition) is 2. The van der Waals surface area contributed by atoms with Crippen LogP contribution in [0.2, 0.25) is 0 Å². The number of hydrogen-bond donors (Lipinski definition) is 1. The van der Waals surface area contributed by atoms with Crippen LogP contribution in [0.5, 0.6) is 0 Å². The third-order valence-corrected chi connectivity index (χ3v) is 2.38. The molecule has 0 aliphatic heterocycles. The highest BCUT2D eigenvalue weighted by Crippen LogP contribution is 2.19. The second kappa shape index (κ2) is 3.78. The van der Waals surface area contributed by atoms with E-state index in [0.29, 0.717) is 11.7 Å². The van der Waals surface area contributed by atoms with E-state index in [-0.39, 0.29) is 7.33 Å². The zero-order chi connectivity index (χ0) is 9.97. The summed E-state index contributed by atoms with van der Waals surface area (Å²) in [6.45, 7) is 2.07. The lowest BCUT2D eigenvalue weighted by Crippen LogP contribution is -2.26. The topological polar surface area (TPSA) is 42.0 Å². The van der Waals surface area contributed by atoms with Gasteiger partial charge < -0.3 is 5.32 Å². The van der Waals surface area contributed by atoms with Crippen molar-refractivity contribution in [1.29, 1.82) is 0 Å². The van der Waals surface area contributed by atoms with Crippen molar-refractivity contribution >= 4 is 5.91 Å². The second-order valence-corrected chi connectivity index (χ2v) is 3.65. The maximum atomic E-state index is 11.5. The first kappa shape index (κ1) is 9.19. The Morgan fingerprint density at radius 1 is 1.64 bits per heavy atom. The first-order valence-corrected chi connectivity index (χ1v) is 5.05. The molecule has 0 radical (unpaired) electrons. The SMILES string of the molecule is CCc1ccc(C(=O)NC2CC2)nc1.[HH]. The van der Waals surface area contributed by atoms with Crippen LogP contribution in [0.25, 0.3) is 0 Å². The third kappa shape index (κ3) is 2.10. The van der Waals surface area contributed by atoms with Crippen LogP contribution >= 0.6 is 0 Å². The van der Waals surface area contributed by atoms with E-state index >= 15 is 0 Å². The number of pyridine rings is 1. The molecule has 76 valence electrons. The van der Waals surface area contributed by atoms with Gasteiger partial charge >= 0.3 is 0 Å². The van der Waals surface area contributed by atoms with Gasteiger partial charge in [0.2, 0.25) is 0 Å². The molecule has 0 unspecified atom stereocenters. The van der Waals surface area contributed by atoms with Gasteiger partial charge in [0.15, 0.2) is 0 Å². The minimum Gasteiger partial charge on any atom is -0.348 e. The fourth-order valence-corrected chi connectivity index (χ4v) is 1.25. The van der Waals surface area contributed by atoms with E-state index in [0.717, 1.165) is 24.8 Å². The van der Waals surface area contributed by atoms with Gasteiger partial charge in [-0.3, -0.25) is 9.78 Å². The Morgan fingerprint density at radius 3 is 2.93 bits per heavy atom. The Balaban J connectivity index is 0.00000112. The molecule has 0 saturated heterocycles. The summed E-state index contributed by atoms with van der Waals surface area (Å²) < 4.78 is 0. The molecule has 0 bridgehead atoms. The van der Waals surface area contributed by atoms with Crippen LogP contribution in [-0.2, 0) is 6.42 Å². The number of rotatable bonds is 3. The quantitative estimate of drug-likeness (QED) is 0.793. The fraction of sp³-hybridized carbons (Fsp3) is 0.455. The molecule has 14 heavy (non-hydrogen) atoms. The predicted molar refractivity (Wildman–Crippen MR) is 56.2 cm³/mol. The Hall–Kier alpha value is -1.38. The zero-order valence-corrected chi connectivity index (χ0v) is 8.29. The lowest BCUT2D eigenvalue weighted by Gasteiger charge is -2.02. The molecule has 1 aromatic rings. The van der Waals surface area contributed by atoms with Crippen LogP contribution < -0.4 is 5.32 Å². The first-order chi connectivity index (χ1) is 6.79. The van der Waals surface area contributed by atoms with Crippen LogP contribution in [0.3, 0.4) is 0 Å². The van der Waals surface area contributed by atoms with Gasteiger partial charge in [-0.25, -0.2) is 0 Å². The van der Waals surface area contributed by atoms with E-state index in [1.54, 1.807) is 12.3 Å². The maximum Gasteiger partial charge on any atom is 0.270 e. The van der Waals surface area contributed by atoms with Crippen molar-refractivity contribution in [3.63, 3.8) is 0 Å². The highest BCUT2D eigenvalue weighted by molar-refractivity contribution is 5.92.